The first-order valence-corrected chi connectivity index (χ1v) is 3.82. The van der Waals surface area contributed by atoms with Crippen LogP contribution in [0, 0.1) is 0 Å². The maximum atomic E-state index is 5.74. The van der Waals surface area contributed by atoms with Crippen molar-refractivity contribution in [2.45, 2.75) is 18.9 Å². The molecule has 0 saturated heterocycles. The molecular weight excluding hydrogens is 166 g/mol. The van der Waals surface area contributed by atoms with Crippen LogP contribution in [-0.2, 0) is 0 Å². The minimum atomic E-state index is 0.176. The fourth-order valence-corrected chi connectivity index (χ4v) is 0.926. The predicted molar refractivity (Wildman–Crippen MR) is 42.6 cm³/mol. The van der Waals surface area contributed by atoms with E-state index in [1.54, 1.807) is 0 Å². The Bertz CT molecular complexity index is 269. The first kappa shape index (κ1) is 6.79. The summed E-state index contributed by atoms with van der Waals surface area (Å²) in [6, 6.07) is 0.511. The van der Waals surface area contributed by atoms with Crippen LogP contribution in [0.1, 0.15) is 12.8 Å². The summed E-state index contributed by atoms with van der Waals surface area (Å²) in [4.78, 5) is 0. The van der Waals surface area contributed by atoms with Crippen LogP contribution < -0.4 is 11.1 Å². The second-order valence-corrected chi connectivity index (χ2v) is 3.01. The number of nitrogen functional groups attached to an aromatic ring is 1. The molecule has 1 heterocycles. The van der Waals surface area contributed by atoms with Crippen LogP contribution >= 0.6 is 11.6 Å². The van der Waals surface area contributed by atoms with Gasteiger partial charge in [-0.3, -0.25) is 0 Å². The van der Waals surface area contributed by atoms with Gasteiger partial charge in [0, 0.05) is 6.04 Å². The smallest absolute Gasteiger partial charge is 0.243 e. The summed E-state index contributed by atoms with van der Waals surface area (Å²) in [7, 11) is 0. The molecule has 5 heteroatoms. The van der Waals surface area contributed by atoms with Gasteiger partial charge in [-0.05, 0) is 12.8 Å². The number of hydrogen-bond acceptors (Lipinski definition) is 4. The number of rotatable bonds is 2. The summed E-state index contributed by atoms with van der Waals surface area (Å²) in [5.74, 6) is 0.737. The molecule has 0 aliphatic heterocycles. The Morgan fingerprint density at radius 2 is 2.36 bits per heavy atom. The molecule has 0 amide bonds. The lowest BCUT2D eigenvalue weighted by atomic mass is 10.5. The number of aromatic nitrogens is 1. The van der Waals surface area contributed by atoms with Gasteiger partial charge in [0.05, 0.1) is 0 Å². The molecule has 0 unspecified atom stereocenters. The number of halogens is 1. The molecular formula is C6H8ClN3O. The number of anilines is 2. The summed E-state index contributed by atoms with van der Waals surface area (Å²) in [6.07, 6.45) is 2.34. The van der Waals surface area contributed by atoms with Gasteiger partial charge in [-0.25, -0.2) is 0 Å². The third-order valence-corrected chi connectivity index (χ3v) is 1.94. The highest BCUT2D eigenvalue weighted by molar-refractivity contribution is 6.35. The zero-order chi connectivity index (χ0) is 7.84. The van der Waals surface area contributed by atoms with E-state index < -0.39 is 0 Å². The Labute approximate surface area is 68.7 Å². The van der Waals surface area contributed by atoms with Gasteiger partial charge in [-0.2, -0.15) is 0 Å². The van der Waals surface area contributed by atoms with E-state index in [4.69, 9.17) is 17.3 Å². The largest absolute Gasteiger partial charge is 0.366 e. The molecule has 0 spiro atoms. The number of nitrogens with one attached hydrogen (secondary N) is 1. The highest BCUT2D eigenvalue weighted by Crippen LogP contribution is 2.31. The number of nitrogens with zero attached hydrogens (tertiary/aromatic N) is 1. The molecule has 1 saturated carbocycles. The van der Waals surface area contributed by atoms with Crippen molar-refractivity contribution in [3.63, 3.8) is 0 Å². The minimum Gasteiger partial charge on any atom is -0.366 e. The molecule has 1 aliphatic rings. The van der Waals surface area contributed by atoms with Gasteiger partial charge in [0.2, 0.25) is 5.88 Å². The van der Waals surface area contributed by atoms with Gasteiger partial charge in [0.25, 0.3) is 0 Å². The van der Waals surface area contributed by atoms with Crippen molar-refractivity contribution in [3.8, 4) is 0 Å². The second-order valence-electron chi connectivity index (χ2n) is 2.63. The van der Waals surface area contributed by atoms with E-state index in [9.17, 15) is 0 Å². The summed E-state index contributed by atoms with van der Waals surface area (Å²) < 4.78 is 4.66. The Hall–Kier alpha value is -0.900. The molecule has 0 aromatic carbocycles. The lowest BCUT2D eigenvalue weighted by Crippen LogP contribution is -2.01. The van der Waals surface area contributed by atoms with Crippen molar-refractivity contribution in [2.75, 3.05) is 11.1 Å². The van der Waals surface area contributed by atoms with Crippen molar-refractivity contribution >= 4 is 23.3 Å². The van der Waals surface area contributed by atoms with Crippen molar-refractivity contribution in [1.82, 2.24) is 5.16 Å². The van der Waals surface area contributed by atoms with Crippen LogP contribution in [-0.4, -0.2) is 11.2 Å². The monoisotopic (exact) mass is 173 g/mol. The van der Waals surface area contributed by atoms with Crippen molar-refractivity contribution < 1.29 is 4.52 Å². The normalized spacial score (nSPS) is 16.8. The van der Waals surface area contributed by atoms with Gasteiger partial charge < -0.3 is 15.6 Å². The van der Waals surface area contributed by atoms with Gasteiger partial charge in [-0.15, -0.1) is 0 Å². The highest BCUT2D eigenvalue weighted by Gasteiger charge is 2.24. The number of hydrogen-bond donors (Lipinski definition) is 2. The zero-order valence-electron chi connectivity index (χ0n) is 5.80. The lowest BCUT2D eigenvalue weighted by Gasteiger charge is -1.96. The Balaban J connectivity index is 2.15. The zero-order valence-corrected chi connectivity index (χ0v) is 6.56. The maximum absolute atomic E-state index is 5.74. The first-order valence-electron chi connectivity index (χ1n) is 3.44. The van der Waals surface area contributed by atoms with E-state index in [0.717, 1.165) is 0 Å². The molecule has 0 bridgehead atoms. The molecule has 11 heavy (non-hydrogen) atoms. The minimum absolute atomic E-state index is 0.176. The topological polar surface area (TPSA) is 64.1 Å². The summed E-state index contributed by atoms with van der Waals surface area (Å²) in [6.45, 7) is 0. The van der Waals surface area contributed by atoms with E-state index in [0.29, 0.717) is 16.9 Å². The maximum Gasteiger partial charge on any atom is 0.243 e. The fourth-order valence-electron chi connectivity index (χ4n) is 0.802. The Kier molecular flexibility index (Phi) is 1.42. The lowest BCUT2D eigenvalue weighted by molar-refractivity contribution is 0.439. The van der Waals surface area contributed by atoms with E-state index in [1.807, 2.05) is 0 Å². The van der Waals surface area contributed by atoms with Crippen molar-refractivity contribution in [2.24, 2.45) is 0 Å². The van der Waals surface area contributed by atoms with E-state index >= 15 is 0 Å². The van der Waals surface area contributed by atoms with Crippen LogP contribution in [0.15, 0.2) is 4.52 Å². The van der Waals surface area contributed by atoms with Crippen LogP contribution in [0.4, 0.5) is 11.7 Å². The summed E-state index contributed by atoms with van der Waals surface area (Å²) in [5.41, 5.74) is 5.34. The molecule has 1 aromatic rings. The molecule has 0 atom stereocenters. The van der Waals surface area contributed by atoms with Gasteiger partial charge in [-0.1, -0.05) is 16.8 Å². The quantitative estimate of drug-likeness (QED) is 0.711. The molecule has 4 nitrogen and oxygen atoms in total. The van der Waals surface area contributed by atoms with Crippen LogP contribution in [0.2, 0.25) is 5.02 Å². The molecule has 60 valence electrons. The highest BCUT2D eigenvalue weighted by atomic mass is 35.5. The predicted octanol–water partition coefficient (Wildman–Crippen LogP) is 1.48. The Morgan fingerprint density at radius 3 is 2.82 bits per heavy atom. The summed E-state index contributed by atoms with van der Waals surface area (Å²) >= 11 is 5.74. The standard InChI is InChI=1S/C6H8ClN3O/c7-4-5(8)11-10-6(4)9-3-1-2-3/h3H,1-2,8H2,(H,9,10). The average molecular weight is 174 g/mol. The van der Waals surface area contributed by atoms with Crippen LogP contribution in [0.25, 0.3) is 0 Å². The van der Waals surface area contributed by atoms with Crippen molar-refractivity contribution in [3.05, 3.63) is 5.02 Å². The summed E-state index contributed by atoms with van der Waals surface area (Å²) in [5, 5.41) is 7.13. The molecule has 1 aromatic heterocycles. The molecule has 3 N–H and O–H groups in total. The third kappa shape index (κ3) is 1.26. The van der Waals surface area contributed by atoms with Crippen LogP contribution in [0.5, 0.6) is 0 Å². The Morgan fingerprint density at radius 1 is 1.64 bits per heavy atom. The third-order valence-electron chi connectivity index (χ3n) is 1.58. The fraction of sp³-hybridized carbons (Fsp3) is 0.500. The van der Waals surface area contributed by atoms with Gasteiger partial charge in [0.15, 0.2) is 5.82 Å². The first-order chi connectivity index (χ1) is 5.27. The molecule has 1 fully saturated rings. The SMILES string of the molecule is Nc1onc(NC2CC2)c1Cl. The molecule has 1 aliphatic carbocycles. The molecule has 0 radical (unpaired) electrons. The van der Waals surface area contributed by atoms with E-state index in [2.05, 4.69) is 15.0 Å². The molecule has 2 rings (SSSR count). The average Bonchev–Trinajstić information content (AvgIpc) is 2.74. The second kappa shape index (κ2) is 2.30. The number of nitrogens with two attached hydrogens (primary N) is 1. The van der Waals surface area contributed by atoms with Gasteiger partial charge in [0.1, 0.15) is 5.02 Å². The van der Waals surface area contributed by atoms with Crippen molar-refractivity contribution in [1.29, 1.82) is 0 Å². The van der Waals surface area contributed by atoms with Crippen LogP contribution in [0.3, 0.4) is 0 Å². The van der Waals surface area contributed by atoms with Gasteiger partial charge >= 0.3 is 0 Å². The van der Waals surface area contributed by atoms with E-state index in [1.165, 1.54) is 12.8 Å². The van der Waals surface area contributed by atoms with E-state index in [-0.39, 0.29) is 5.88 Å².